The largest absolute Gasteiger partial charge is 0.455 e. The molecule has 3 unspecified atom stereocenters. The van der Waals surface area contributed by atoms with Crippen LogP contribution >= 0.6 is 11.3 Å². The number of nitrogens with zero attached hydrogens (tertiary/aromatic N) is 1. The average Bonchev–Trinajstić information content (AvgIpc) is 3.18. The zero-order chi connectivity index (χ0) is 25.4. The van der Waals surface area contributed by atoms with Crippen molar-refractivity contribution >= 4 is 29.2 Å². The molecule has 6 atom stereocenters. The molecule has 0 saturated heterocycles. The second-order valence-electron chi connectivity index (χ2n) is 9.90. The number of aliphatic hydroxyl groups excluding tert-OH is 1. The summed E-state index contributed by atoms with van der Waals surface area (Å²) in [6, 6.07) is 0. The van der Waals surface area contributed by atoms with Crippen molar-refractivity contribution in [1.29, 1.82) is 0 Å². The average molecular weight is 492 g/mol. The van der Waals surface area contributed by atoms with E-state index in [0.29, 0.717) is 5.92 Å². The number of aromatic nitrogens is 1. The highest BCUT2D eigenvalue weighted by Gasteiger charge is 2.31. The van der Waals surface area contributed by atoms with Gasteiger partial charge in [0.15, 0.2) is 6.10 Å². The summed E-state index contributed by atoms with van der Waals surface area (Å²) in [6.07, 6.45) is 5.20. The number of Topliss-reactive ketones (excluding diaryl/α,β-unsaturated/α-hetero) is 1. The molecule has 0 saturated carbocycles. The third kappa shape index (κ3) is 8.43. The number of carbonyl (C=O) groups excluding carboxylic acids is 2. The number of cyclic esters (lactones) is 1. The van der Waals surface area contributed by atoms with Crippen molar-refractivity contribution < 1.29 is 24.2 Å². The SMILES string of the molecule is COC1/C=C(/C)CCC[C@H](C)C[C@@H](C)C(=O)C(C)[C@@H](O)CC(=O)OC1/C(C)=C/c1csc(C)n1. The van der Waals surface area contributed by atoms with Gasteiger partial charge in [0.05, 0.1) is 23.2 Å². The summed E-state index contributed by atoms with van der Waals surface area (Å²) in [7, 11) is 1.60. The topological polar surface area (TPSA) is 85.7 Å². The molecule has 1 aromatic rings. The Kier molecular flexibility index (Phi) is 11.1. The van der Waals surface area contributed by atoms with Crippen LogP contribution in [0, 0.1) is 24.7 Å². The van der Waals surface area contributed by atoms with Gasteiger partial charge in [-0.3, -0.25) is 9.59 Å². The van der Waals surface area contributed by atoms with Crippen molar-refractivity contribution in [1.82, 2.24) is 4.98 Å². The molecule has 34 heavy (non-hydrogen) atoms. The number of rotatable bonds is 3. The Morgan fingerprint density at radius 3 is 2.59 bits per heavy atom. The van der Waals surface area contributed by atoms with Crippen molar-refractivity contribution in [2.24, 2.45) is 17.8 Å². The summed E-state index contributed by atoms with van der Waals surface area (Å²) < 4.78 is 11.6. The Balaban J connectivity index is 2.37. The van der Waals surface area contributed by atoms with E-state index in [9.17, 15) is 14.7 Å². The van der Waals surface area contributed by atoms with Crippen LogP contribution in [0.2, 0.25) is 0 Å². The minimum absolute atomic E-state index is 0.00313. The van der Waals surface area contributed by atoms with Crippen LogP contribution in [0.15, 0.2) is 22.6 Å². The van der Waals surface area contributed by atoms with E-state index in [4.69, 9.17) is 9.47 Å². The zero-order valence-corrected chi connectivity index (χ0v) is 22.5. The fraction of sp³-hybridized carbons (Fsp3) is 0.667. The summed E-state index contributed by atoms with van der Waals surface area (Å²) in [6.45, 7) is 11.7. The normalized spacial score (nSPS) is 32.7. The molecule has 1 aromatic heterocycles. The lowest BCUT2D eigenvalue weighted by Gasteiger charge is -2.27. The summed E-state index contributed by atoms with van der Waals surface area (Å²) >= 11 is 1.56. The number of carbonyl (C=O) groups is 2. The molecule has 1 aliphatic rings. The van der Waals surface area contributed by atoms with E-state index in [1.54, 1.807) is 25.4 Å². The molecule has 190 valence electrons. The lowest BCUT2D eigenvalue weighted by molar-refractivity contribution is -0.155. The zero-order valence-electron chi connectivity index (χ0n) is 21.7. The maximum Gasteiger partial charge on any atom is 0.309 e. The van der Waals surface area contributed by atoms with Crippen molar-refractivity contribution in [3.63, 3.8) is 0 Å². The smallest absolute Gasteiger partial charge is 0.309 e. The van der Waals surface area contributed by atoms with Crippen LogP contribution < -0.4 is 0 Å². The molecule has 2 heterocycles. The number of esters is 1. The molecule has 0 spiro atoms. The summed E-state index contributed by atoms with van der Waals surface area (Å²) in [5, 5.41) is 13.6. The van der Waals surface area contributed by atoms with E-state index in [1.807, 2.05) is 38.3 Å². The molecule has 0 aliphatic carbocycles. The van der Waals surface area contributed by atoms with E-state index in [0.717, 1.165) is 42.0 Å². The van der Waals surface area contributed by atoms with Crippen LogP contribution in [0.4, 0.5) is 0 Å². The quantitative estimate of drug-likeness (QED) is 0.442. The number of hydrogen-bond donors (Lipinski definition) is 1. The van der Waals surface area contributed by atoms with Crippen LogP contribution in [0.3, 0.4) is 0 Å². The van der Waals surface area contributed by atoms with E-state index in [-0.39, 0.29) is 18.1 Å². The Morgan fingerprint density at radius 1 is 1.26 bits per heavy atom. The molecule has 1 N–H and O–H groups in total. The molecule has 0 aromatic carbocycles. The molecule has 0 bridgehead atoms. The molecule has 6 nitrogen and oxygen atoms in total. The maximum absolute atomic E-state index is 12.9. The fourth-order valence-electron chi connectivity index (χ4n) is 4.57. The van der Waals surface area contributed by atoms with Crippen LogP contribution in [0.25, 0.3) is 6.08 Å². The highest BCUT2D eigenvalue weighted by atomic mass is 32.1. The van der Waals surface area contributed by atoms with Crippen molar-refractivity contribution in [2.75, 3.05) is 7.11 Å². The summed E-state index contributed by atoms with van der Waals surface area (Å²) in [5.41, 5.74) is 2.78. The maximum atomic E-state index is 12.9. The van der Waals surface area contributed by atoms with Gasteiger partial charge in [0, 0.05) is 24.3 Å². The van der Waals surface area contributed by atoms with Crippen molar-refractivity contribution in [2.45, 2.75) is 92.0 Å². The second-order valence-corrected chi connectivity index (χ2v) is 11.0. The molecule has 2 rings (SSSR count). The molecular formula is C27H41NO5S. The van der Waals surface area contributed by atoms with Crippen LogP contribution in [-0.2, 0) is 19.1 Å². The number of ether oxygens (including phenoxy) is 2. The summed E-state index contributed by atoms with van der Waals surface area (Å²) in [5.74, 6) is -0.933. The number of ketones is 1. The van der Waals surface area contributed by atoms with E-state index in [2.05, 4.69) is 18.8 Å². The van der Waals surface area contributed by atoms with Gasteiger partial charge in [0.25, 0.3) is 0 Å². The minimum atomic E-state index is -1.09. The van der Waals surface area contributed by atoms with Gasteiger partial charge in [-0.2, -0.15) is 0 Å². The van der Waals surface area contributed by atoms with Crippen LogP contribution in [0.1, 0.15) is 77.4 Å². The molecule has 7 heteroatoms. The predicted octanol–water partition coefficient (Wildman–Crippen LogP) is 5.53. The highest BCUT2D eigenvalue weighted by molar-refractivity contribution is 7.09. The predicted molar refractivity (Wildman–Crippen MR) is 137 cm³/mol. The van der Waals surface area contributed by atoms with Crippen molar-refractivity contribution in [3.8, 4) is 0 Å². The van der Waals surface area contributed by atoms with Gasteiger partial charge in [-0.15, -0.1) is 11.3 Å². The fourth-order valence-corrected chi connectivity index (χ4v) is 5.14. The lowest BCUT2D eigenvalue weighted by Crippen LogP contribution is -2.36. The number of aliphatic hydroxyl groups is 1. The first-order valence-corrected chi connectivity index (χ1v) is 13.1. The van der Waals surface area contributed by atoms with Gasteiger partial charge < -0.3 is 14.6 Å². The van der Waals surface area contributed by atoms with Gasteiger partial charge in [-0.1, -0.05) is 38.8 Å². The monoisotopic (exact) mass is 491 g/mol. The molecule has 0 radical (unpaired) electrons. The first kappa shape index (κ1) is 28.4. The van der Waals surface area contributed by atoms with Gasteiger partial charge in [0.1, 0.15) is 11.9 Å². The first-order chi connectivity index (χ1) is 16.0. The summed E-state index contributed by atoms with van der Waals surface area (Å²) in [4.78, 5) is 30.2. The van der Waals surface area contributed by atoms with Gasteiger partial charge in [-0.05, 0) is 57.6 Å². The highest BCUT2D eigenvalue weighted by Crippen LogP contribution is 2.26. The van der Waals surface area contributed by atoms with Gasteiger partial charge in [-0.25, -0.2) is 4.98 Å². The van der Waals surface area contributed by atoms with E-state index < -0.39 is 30.2 Å². The first-order valence-electron chi connectivity index (χ1n) is 12.2. The minimum Gasteiger partial charge on any atom is -0.455 e. The third-order valence-electron chi connectivity index (χ3n) is 6.65. The van der Waals surface area contributed by atoms with E-state index >= 15 is 0 Å². The molecule has 0 fully saturated rings. The number of hydrogen-bond acceptors (Lipinski definition) is 7. The van der Waals surface area contributed by atoms with Crippen LogP contribution in [0.5, 0.6) is 0 Å². The third-order valence-corrected chi connectivity index (χ3v) is 7.44. The Bertz CT molecular complexity index is 889. The molecular weight excluding hydrogens is 450 g/mol. The van der Waals surface area contributed by atoms with Crippen molar-refractivity contribution in [3.05, 3.63) is 33.3 Å². The molecule has 0 amide bonds. The van der Waals surface area contributed by atoms with Crippen LogP contribution in [-0.4, -0.2) is 47.3 Å². The lowest BCUT2D eigenvalue weighted by atomic mass is 9.83. The van der Waals surface area contributed by atoms with Gasteiger partial charge >= 0.3 is 5.97 Å². The number of methoxy groups -OCH3 is 1. The number of aryl methyl sites for hydroxylation is 1. The number of allylic oxidation sites excluding steroid dienone is 1. The molecule has 1 aliphatic heterocycles. The second kappa shape index (κ2) is 13.3. The Hall–Kier alpha value is -1.83. The van der Waals surface area contributed by atoms with E-state index in [1.165, 1.54) is 5.57 Å². The van der Waals surface area contributed by atoms with Gasteiger partial charge in [0.2, 0.25) is 0 Å². The number of thiazole rings is 1. The Labute approximate surface area is 208 Å². The Morgan fingerprint density at radius 2 is 1.97 bits per heavy atom. The standard InChI is InChI=1S/C27H41NO5S/c1-16-9-8-10-17(2)12-24(32-7)27(19(4)13-22-15-34-21(6)28-22)33-25(30)14-23(29)20(5)26(31)18(3)11-16/h12-13,15-16,18,20,23-24,27,29H,8-11,14H2,1-7H3/b17-12-,19-13+/t16-,18+,20?,23-,24?,27?/m0/s1.